The van der Waals surface area contributed by atoms with Crippen molar-refractivity contribution in [3.63, 3.8) is 0 Å². The van der Waals surface area contributed by atoms with E-state index < -0.39 is 0 Å². The van der Waals surface area contributed by atoms with Crippen molar-refractivity contribution in [3.05, 3.63) is 46.5 Å². The Morgan fingerprint density at radius 2 is 2.28 bits per heavy atom. The second kappa shape index (κ2) is 4.86. The Morgan fingerprint density at radius 1 is 1.44 bits per heavy atom. The zero-order chi connectivity index (χ0) is 12.5. The Balaban J connectivity index is 1.94. The van der Waals surface area contributed by atoms with Crippen molar-refractivity contribution >= 4 is 15.9 Å². The summed E-state index contributed by atoms with van der Waals surface area (Å²) in [6.07, 6.45) is 6.48. The smallest absolute Gasteiger partial charge is 0.110 e. The normalized spacial score (nSPS) is 15.0. The Labute approximate surface area is 115 Å². The molecule has 1 heterocycles. The van der Waals surface area contributed by atoms with Crippen LogP contribution in [0.25, 0.3) is 5.69 Å². The fourth-order valence-corrected chi connectivity index (χ4v) is 2.51. The summed E-state index contributed by atoms with van der Waals surface area (Å²) in [4.78, 5) is 4.29. The maximum atomic E-state index is 4.29. The number of halogens is 1. The third-order valence-electron chi connectivity index (χ3n) is 3.29. The number of aryl methyl sites for hydroxylation is 1. The van der Waals surface area contributed by atoms with Crippen molar-refractivity contribution in [2.75, 3.05) is 0 Å². The minimum Gasteiger partial charge on any atom is -0.310 e. The summed E-state index contributed by atoms with van der Waals surface area (Å²) >= 11 is 3.55. The van der Waals surface area contributed by atoms with Gasteiger partial charge in [-0.1, -0.05) is 15.9 Å². The first-order chi connectivity index (χ1) is 8.74. The lowest BCUT2D eigenvalue weighted by Crippen LogP contribution is -2.17. The van der Waals surface area contributed by atoms with Crippen LogP contribution in [0.15, 0.2) is 35.1 Å². The van der Waals surface area contributed by atoms with E-state index in [2.05, 4.69) is 49.0 Å². The van der Waals surface area contributed by atoms with Gasteiger partial charge in [0.05, 0.1) is 5.69 Å². The third-order valence-corrected chi connectivity index (χ3v) is 3.78. The van der Waals surface area contributed by atoms with Crippen LogP contribution in [0, 0.1) is 6.92 Å². The van der Waals surface area contributed by atoms with Crippen molar-refractivity contribution in [3.8, 4) is 5.69 Å². The molecule has 0 amide bonds. The zero-order valence-electron chi connectivity index (χ0n) is 10.4. The molecule has 4 heteroatoms. The molecule has 1 saturated carbocycles. The second-order valence-corrected chi connectivity index (χ2v) is 5.69. The van der Waals surface area contributed by atoms with E-state index in [1.807, 2.05) is 19.3 Å². The van der Waals surface area contributed by atoms with E-state index in [1.54, 1.807) is 0 Å². The number of nitrogens with zero attached hydrogens (tertiary/aromatic N) is 2. The molecular weight excluding hydrogens is 290 g/mol. The Kier molecular flexibility index (Phi) is 3.22. The zero-order valence-corrected chi connectivity index (χ0v) is 11.9. The first kappa shape index (κ1) is 11.9. The lowest BCUT2D eigenvalue weighted by molar-refractivity contribution is 0.683. The summed E-state index contributed by atoms with van der Waals surface area (Å²) in [7, 11) is 0. The van der Waals surface area contributed by atoms with Crippen LogP contribution in [0.4, 0.5) is 0 Å². The van der Waals surface area contributed by atoms with E-state index in [0.717, 1.165) is 22.9 Å². The summed E-state index contributed by atoms with van der Waals surface area (Å²) in [5, 5.41) is 3.57. The maximum absolute atomic E-state index is 4.29. The molecular formula is C14H16BrN3. The van der Waals surface area contributed by atoms with Crippen LogP contribution >= 0.6 is 15.9 Å². The maximum Gasteiger partial charge on any atom is 0.110 e. The van der Waals surface area contributed by atoms with Gasteiger partial charge in [0.1, 0.15) is 5.82 Å². The standard InChI is InChI=1S/C14H16BrN3/c1-10-16-6-7-18(10)14-5-2-12(15)8-11(14)9-17-13-3-4-13/h2,5-8,13,17H,3-4,9H2,1H3. The molecule has 3 nitrogen and oxygen atoms in total. The molecule has 0 spiro atoms. The molecule has 0 bridgehead atoms. The van der Waals surface area contributed by atoms with Crippen molar-refractivity contribution < 1.29 is 0 Å². The highest BCUT2D eigenvalue weighted by molar-refractivity contribution is 9.10. The molecule has 0 atom stereocenters. The highest BCUT2D eigenvalue weighted by atomic mass is 79.9. The van der Waals surface area contributed by atoms with E-state index in [-0.39, 0.29) is 0 Å². The van der Waals surface area contributed by atoms with Crippen LogP contribution in [0.2, 0.25) is 0 Å². The lowest BCUT2D eigenvalue weighted by Gasteiger charge is -2.13. The molecule has 1 N–H and O–H groups in total. The molecule has 0 saturated heterocycles. The molecule has 1 aromatic heterocycles. The summed E-state index contributed by atoms with van der Waals surface area (Å²) in [6, 6.07) is 7.13. The summed E-state index contributed by atoms with van der Waals surface area (Å²) in [6.45, 7) is 2.94. The number of rotatable bonds is 4. The van der Waals surface area contributed by atoms with E-state index in [0.29, 0.717) is 0 Å². The van der Waals surface area contributed by atoms with E-state index >= 15 is 0 Å². The number of aromatic nitrogens is 2. The van der Waals surface area contributed by atoms with Gasteiger partial charge in [-0.25, -0.2) is 4.98 Å². The molecule has 94 valence electrons. The fraction of sp³-hybridized carbons (Fsp3) is 0.357. The van der Waals surface area contributed by atoms with Gasteiger partial charge in [0.2, 0.25) is 0 Å². The first-order valence-corrected chi connectivity index (χ1v) is 7.05. The Hall–Kier alpha value is -1.13. The van der Waals surface area contributed by atoms with Crippen LogP contribution in [-0.2, 0) is 6.54 Å². The minimum absolute atomic E-state index is 0.723. The Bertz CT molecular complexity index is 558. The second-order valence-electron chi connectivity index (χ2n) is 4.77. The molecule has 0 aliphatic heterocycles. The highest BCUT2D eigenvalue weighted by Gasteiger charge is 2.20. The number of imidazole rings is 1. The van der Waals surface area contributed by atoms with Crippen molar-refractivity contribution in [2.45, 2.75) is 32.4 Å². The summed E-state index contributed by atoms with van der Waals surface area (Å²) < 4.78 is 3.26. The molecule has 0 radical (unpaired) electrons. The van der Waals surface area contributed by atoms with Gasteiger partial charge in [0.15, 0.2) is 0 Å². The number of hydrogen-bond acceptors (Lipinski definition) is 2. The average molecular weight is 306 g/mol. The number of hydrogen-bond donors (Lipinski definition) is 1. The molecule has 2 aromatic rings. The molecule has 1 fully saturated rings. The topological polar surface area (TPSA) is 29.9 Å². The van der Waals surface area contributed by atoms with Crippen molar-refractivity contribution in [1.29, 1.82) is 0 Å². The van der Waals surface area contributed by atoms with Crippen molar-refractivity contribution in [2.24, 2.45) is 0 Å². The van der Waals surface area contributed by atoms with E-state index in [1.165, 1.54) is 24.1 Å². The van der Waals surface area contributed by atoms with E-state index in [9.17, 15) is 0 Å². The van der Waals surface area contributed by atoms with Gasteiger partial charge in [-0.05, 0) is 43.5 Å². The fourth-order valence-electron chi connectivity index (χ4n) is 2.10. The molecule has 1 aromatic carbocycles. The van der Waals surface area contributed by atoms with Crippen LogP contribution in [0.3, 0.4) is 0 Å². The average Bonchev–Trinajstić information content (AvgIpc) is 3.09. The first-order valence-electron chi connectivity index (χ1n) is 6.26. The van der Waals surface area contributed by atoms with Gasteiger partial charge < -0.3 is 9.88 Å². The molecule has 1 aliphatic carbocycles. The van der Waals surface area contributed by atoms with Gasteiger partial charge in [0.25, 0.3) is 0 Å². The predicted octanol–water partition coefficient (Wildman–Crippen LogP) is 3.20. The van der Waals surface area contributed by atoms with Crippen LogP contribution in [0.1, 0.15) is 24.2 Å². The minimum atomic E-state index is 0.723. The van der Waals surface area contributed by atoms with Gasteiger partial charge in [-0.2, -0.15) is 0 Å². The Morgan fingerprint density at radius 3 is 2.94 bits per heavy atom. The molecule has 18 heavy (non-hydrogen) atoms. The number of benzene rings is 1. The quantitative estimate of drug-likeness (QED) is 0.940. The molecule has 1 aliphatic rings. The van der Waals surface area contributed by atoms with Crippen molar-refractivity contribution in [1.82, 2.24) is 14.9 Å². The van der Waals surface area contributed by atoms with Crippen LogP contribution in [-0.4, -0.2) is 15.6 Å². The van der Waals surface area contributed by atoms with E-state index in [4.69, 9.17) is 0 Å². The van der Waals surface area contributed by atoms with Crippen LogP contribution in [0.5, 0.6) is 0 Å². The van der Waals surface area contributed by atoms with Gasteiger partial charge in [-0.15, -0.1) is 0 Å². The van der Waals surface area contributed by atoms with Gasteiger partial charge in [0, 0.05) is 29.5 Å². The highest BCUT2D eigenvalue weighted by Crippen LogP contribution is 2.24. The lowest BCUT2D eigenvalue weighted by atomic mass is 10.1. The predicted molar refractivity (Wildman–Crippen MR) is 75.9 cm³/mol. The molecule has 3 rings (SSSR count). The summed E-state index contributed by atoms with van der Waals surface area (Å²) in [5.41, 5.74) is 2.51. The SMILES string of the molecule is Cc1nccn1-c1ccc(Br)cc1CNC1CC1. The van der Waals surface area contributed by atoms with Crippen LogP contribution < -0.4 is 5.32 Å². The monoisotopic (exact) mass is 305 g/mol. The van der Waals surface area contributed by atoms with Gasteiger partial charge in [-0.3, -0.25) is 0 Å². The summed E-state index contributed by atoms with van der Waals surface area (Å²) in [5.74, 6) is 1.02. The number of nitrogens with one attached hydrogen (secondary N) is 1. The largest absolute Gasteiger partial charge is 0.310 e. The molecule has 0 unspecified atom stereocenters. The third kappa shape index (κ3) is 2.49. The van der Waals surface area contributed by atoms with Gasteiger partial charge >= 0.3 is 0 Å².